The Balaban J connectivity index is 1.90. The Hall–Kier alpha value is -2.81. The molecule has 2 aromatic rings. The van der Waals surface area contributed by atoms with E-state index in [0.717, 1.165) is 16.5 Å². The molecule has 0 bridgehead atoms. The largest absolute Gasteiger partial charge is 0.504 e. The van der Waals surface area contributed by atoms with E-state index in [1.807, 2.05) is 6.07 Å². The van der Waals surface area contributed by atoms with E-state index >= 15 is 0 Å². The van der Waals surface area contributed by atoms with E-state index in [2.05, 4.69) is 37.3 Å². The molecule has 0 saturated carbocycles. The van der Waals surface area contributed by atoms with Crippen LogP contribution in [0.3, 0.4) is 0 Å². The molecule has 4 rings (SSSR count). The maximum atomic E-state index is 12.1. The highest BCUT2D eigenvalue weighted by Crippen LogP contribution is 2.37. The van der Waals surface area contributed by atoms with Gasteiger partial charge in [-0.1, -0.05) is 35.9 Å². The average Bonchev–Trinajstić information content (AvgIpc) is 2.97. The SMILES string of the molecule is Cc1ccc2cc(C3=C4C(=O)C=CC(O)=C4OC3)ccc2c1. The lowest BCUT2D eigenvalue weighted by molar-refractivity contribution is -0.111. The summed E-state index contributed by atoms with van der Waals surface area (Å²) in [5.74, 6) is 0.192. The van der Waals surface area contributed by atoms with Crippen LogP contribution < -0.4 is 0 Å². The summed E-state index contributed by atoms with van der Waals surface area (Å²) in [5, 5.41) is 12.1. The molecule has 0 atom stereocenters. The number of aryl methyl sites for hydroxylation is 1. The van der Waals surface area contributed by atoms with Gasteiger partial charge in [0.25, 0.3) is 0 Å². The molecule has 2 aromatic carbocycles. The van der Waals surface area contributed by atoms with Gasteiger partial charge in [0.1, 0.15) is 6.61 Å². The van der Waals surface area contributed by atoms with E-state index in [0.29, 0.717) is 17.9 Å². The minimum absolute atomic E-state index is 0.0148. The Morgan fingerprint density at radius 3 is 2.68 bits per heavy atom. The molecule has 0 radical (unpaired) electrons. The Morgan fingerprint density at radius 1 is 1.05 bits per heavy atom. The second-order valence-corrected chi connectivity index (χ2v) is 5.62. The molecule has 0 aromatic heterocycles. The number of carbonyl (C=O) groups is 1. The third-order valence-corrected chi connectivity index (χ3v) is 4.11. The van der Waals surface area contributed by atoms with Crippen molar-refractivity contribution in [3.63, 3.8) is 0 Å². The fraction of sp³-hybridized carbons (Fsp3) is 0.105. The predicted octanol–water partition coefficient (Wildman–Crippen LogP) is 3.84. The second-order valence-electron chi connectivity index (χ2n) is 5.62. The molecule has 1 heterocycles. The summed E-state index contributed by atoms with van der Waals surface area (Å²) in [5.41, 5.74) is 3.48. The molecule has 1 aliphatic carbocycles. The van der Waals surface area contributed by atoms with E-state index in [4.69, 9.17) is 4.74 Å². The number of fused-ring (bicyclic) bond motifs is 2. The van der Waals surface area contributed by atoms with E-state index < -0.39 is 0 Å². The van der Waals surface area contributed by atoms with Gasteiger partial charge in [0.15, 0.2) is 17.3 Å². The van der Waals surface area contributed by atoms with Crippen molar-refractivity contribution in [2.24, 2.45) is 0 Å². The highest BCUT2D eigenvalue weighted by atomic mass is 16.5. The van der Waals surface area contributed by atoms with Crippen LogP contribution in [-0.2, 0) is 9.53 Å². The molecule has 0 fully saturated rings. The lowest BCUT2D eigenvalue weighted by Crippen LogP contribution is -2.07. The zero-order chi connectivity index (χ0) is 15.3. The van der Waals surface area contributed by atoms with Gasteiger partial charge in [-0.25, -0.2) is 0 Å². The van der Waals surface area contributed by atoms with Gasteiger partial charge < -0.3 is 9.84 Å². The molecule has 0 saturated heterocycles. The van der Waals surface area contributed by atoms with Gasteiger partial charge >= 0.3 is 0 Å². The molecule has 0 unspecified atom stereocenters. The van der Waals surface area contributed by atoms with Crippen molar-refractivity contribution < 1.29 is 14.6 Å². The Kier molecular flexibility index (Phi) is 2.70. The fourth-order valence-corrected chi connectivity index (χ4v) is 2.98. The van der Waals surface area contributed by atoms with Crippen LogP contribution in [0.2, 0.25) is 0 Å². The molecular formula is C19H14O3. The monoisotopic (exact) mass is 290 g/mol. The summed E-state index contributed by atoms with van der Waals surface area (Å²) in [4.78, 5) is 12.1. The van der Waals surface area contributed by atoms with Crippen molar-refractivity contribution in [3.05, 3.63) is 76.8 Å². The first-order chi connectivity index (χ1) is 10.6. The van der Waals surface area contributed by atoms with Gasteiger partial charge in [-0.3, -0.25) is 4.79 Å². The molecule has 2 aliphatic rings. The van der Waals surface area contributed by atoms with E-state index in [9.17, 15) is 9.90 Å². The molecule has 3 heteroatoms. The first kappa shape index (κ1) is 12.9. The van der Waals surface area contributed by atoms with Gasteiger partial charge in [-0.2, -0.15) is 0 Å². The minimum atomic E-state index is -0.121. The van der Waals surface area contributed by atoms with Crippen molar-refractivity contribution in [1.29, 1.82) is 0 Å². The molecule has 1 N–H and O–H groups in total. The Morgan fingerprint density at radius 2 is 1.82 bits per heavy atom. The topological polar surface area (TPSA) is 46.5 Å². The maximum Gasteiger partial charge on any atom is 0.190 e. The number of ketones is 1. The smallest absolute Gasteiger partial charge is 0.190 e. The summed E-state index contributed by atoms with van der Waals surface area (Å²) in [6.45, 7) is 2.37. The summed E-state index contributed by atoms with van der Waals surface area (Å²) in [6.07, 6.45) is 2.76. The van der Waals surface area contributed by atoms with Gasteiger partial charge in [0, 0.05) is 5.57 Å². The van der Waals surface area contributed by atoms with Crippen molar-refractivity contribution in [2.75, 3.05) is 6.61 Å². The summed E-state index contributed by atoms with van der Waals surface area (Å²) in [6, 6.07) is 12.4. The third-order valence-electron chi connectivity index (χ3n) is 4.11. The Labute approximate surface area is 127 Å². The number of aliphatic hydroxyl groups excluding tert-OH is 1. The summed E-state index contributed by atoms with van der Waals surface area (Å²) >= 11 is 0. The van der Waals surface area contributed by atoms with Crippen LogP contribution in [-0.4, -0.2) is 17.5 Å². The second kappa shape index (κ2) is 4.60. The van der Waals surface area contributed by atoms with Crippen LogP contribution in [0.4, 0.5) is 0 Å². The zero-order valence-corrected chi connectivity index (χ0v) is 12.1. The van der Waals surface area contributed by atoms with E-state index in [-0.39, 0.29) is 11.5 Å². The number of allylic oxidation sites excluding steroid dienone is 3. The van der Waals surface area contributed by atoms with Crippen molar-refractivity contribution in [1.82, 2.24) is 0 Å². The van der Waals surface area contributed by atoms with Crippen molar-refractivity contribution in [2.45, 2.75) is 6.92 Å². The number of aliphatic hydroxyl groups is 1. The molecule has 1 aliphatic heterocycles. The van der Waals surface area contributed by atoms with Crippen LogP contribution in [0.5, 0.6) is 0 Å². The highest BCUT2D eigenvalue weighted by molar-refractivity contribution is 6.15. The first-order valence-corrected chi connectivity index (χ1v) is 7.16. The van der Waals surface area contributed by atoms with Crippen LogP contribution in [0.1, 0.15) is 11.1 Å². The lowest BCUT2D eigenvalue weighted by atomic mass is 9.93. The van der Waals surface area contributed by atoms with E-state index in [1.165, 1.54) is 23.1 Å². The Bertz CT molecular complexity index is 913. The molecule has 22 heavy (non-hydrogen) atoms. The zero-order valence-electron chi connectivity index (χ0n) is 12.1. The molecule has 3 nitrogen and oxygen atoms in total. The standard InChI is InChI=1S/C19H14O3/c1-11-2-3-13-9-14(5-4-12(13)8-11)15-10-22-19-17(21)7-6-16(20)18(15)19/h2-9,21H,10H2,1H3. The highest BCUT2D eigenvalue weighted by Gasteiger charge is 2.31. The number of benzene rings is 2. The molecule has 0 spiro atoms. The van der Waals surface area contributed by atoms with Crippen molar-refractivity contribution >= 4 is 22.1 Å². The minimum Gasteiger partial charge on any atom is -0.504 e. The molecular weight excluding hydrogens is 276 g/mol. The van der Waals surface area contributed by atoms with Gasteiger partial charge in [0.2, 0.25) is 0 Å². The van der Waals surface area contributed by atoms with Gasteiger partial charge in [0.05, 0.1) is 5.57 Å². The predicted molar refractivity (Wildman–Crippen MR) is 85.4 cm³/mol. The first-order valence-electron chi connectivity index (χ1n) is 7.16. The number of hydrogen-bond acceptors (Lipinski definition) is 3. The third kappa shape index (κ3) is 1.86. The number of rotatable bonds is 1. The van der Waals surface area contributed by atoms with Crippen LogP contribution in [0, 0.1) is 6.92 Å². The summed E-state index contributed by atoms with van der Waals surface area (Å²) < 4.78 is 5.52. The van der Waals surface area contributed by atoms with E-state index in [1.54, 1.807) is 0 Å². The summed E-state index contributed by atoms with van der Waals surface area (Å²) in [7, 11) is 0. The van der Waals surface area contributed by atoms with Gasteiger partial charge in [-0.15, -0.1) is 0 Å². The fourth-order valence-electron chi connectivity index (χ4n) is 2.98. The number of carbonyl (C=O) groups excluding carboxylic acids is 1. The maximum absolute atomic E-state index is 12.1. The normalized spacial score (nSPS) is 17.2. The molecule has 108 valence electrons. The number of ether oxygens (including phenoxy) is 1. The number of hydrogen-bond donors (Lipinski definition) is 1. The lowest BCUT2D eigenvalue weighted by Gasteiger charge is -2.09. The van der Waals surface area contributed by atoms with Crippen molar-refractivity contribution in [3.8, 4) is 0 Å². The van der Waals surface area contributed by atoms with Crippen LogP contribution >= 0.6 is 0 Å². The quantitative estimate of drug-likeness (QED) is 0.868. The molecule has 0 amide bonds. The van der Waals surface area contributed by atoms with Gasteiger partial charge in [-0.05, 0) is 41.5 Å². The van der Waals surface area contributed by atoms with Crippen LogP contribution in [0.25, 0.3) is 16.3 Å². The van der Waals surface area contributed by atoms with Crippen LogP contribution in [0.15, 0.2) is 65.6 Å². The average molecular weight is 290 g/mol.